The Morgan fingerprint density at radius 3 is 2.35 bits per heavy atom. The van der Waals surface area contributed by atoms with Crippen molar-refractivity contribution in [3.63, 3.8) is 0 Å². The predicted octanol–water partition coefficient (Wildman–Crippen LogP) is 5.06. The van der Waals surface area contributed by atoms with Crippen LogP contribution in [0.25, 0.3) is 0 Å². The van der Waals surface area contributed by atoms with Gasteiger partial charge in [-0.3, -0.25) is 0 Å². The molecule has 0 fully saturated rings. The predicted molar refractivity (Wildman–Crippen MR) is 76.6 cm³/mol. The summed E-state index contributed by atoms with van der Waals surface area (Å²) in [5.74, 6) is 0. The van der Waals surface area contributed by atoms with E-state index in [1.807, 2.05) is 25.1 Å². The summed E-state index contributed by atoms with van der Waals surface area (Å²) in [5.41, 5.74) is 9.02. The lowest BCUT2D eigenvalue weighted by molar-refractivity contribution is 0.875. The van der Waals surface area contributed by atoms with Crippen LogP contribution in [-0.2, 0) is 0 Å². The van der Waals surface area contributed by atoms with Crippen LogP contribution in [0.15, 0.2) is 24.3 Å². The maximum Gasteiger partial charge on any atom is 0.0995 e. The summed E-state index contributed by atoms with van der Waals surface area (Å²) < 4.78 is 1.26. The van der Waals surface area contributed by atoms with Crippen molar-refractivity contribution < 1.29 is 0 Å². The molecule has 90 valence electrons. The number of thiophene rings is 1. The van der Waals surface area contributed by atoms with Gasteiger partial charge in [0.25, 0.3) is 0 Å². The first-order chi connectivity index (χ1) is 7.97. The fourth-order valence-corrected chi connectivity index (χ4v) is 3.54. The molecule has 0 aliphatic rings. The van der Waals surface area contributed by atoms with E-state index in [9.17, 15) is 0 Å². The highest BCUT2D eigenvalue weighted by atomic mass is 35.5. The standard InChI is InChI=1S/C12H10Cl3NS/c1-6-2-7(4-8(13)3-6)11(16)9-5-10(14)17-12(9)15/h2-5,11H,16H2,1H3. The number of benzene rings is 1. The van der Waals surface area contributed by atoms with E-state index in [4.69, 9.17) is 40.5 Å². The highest BCUT2D eigenvalue weighted by Crippen LogP contribution is 2.36. The second-order valence-corrected chi connectivity index (χ2v) is 6.54. The molecule has 0 bridgehead atoms. The highest BCUT2D eigenvalue weighted by Gasteiger charge is 2.16. The lowest BCUT2D eigenvalue weighted by Crippen LogP contribution is -2.11. The largest absolute Gasteiger partial charge is 0.320 e. The van der Waals surface area contributed by atoms with Crippen LogP contribution in [0.2, 0.25) is 13.7 Å². The monoisotopic (exact) mass is 305 g/mol. The Hall–Kier alpha value is -0.250. The molecule has 0 spiro atoms. The molecule has 0 aliphatic carbocycles. The second kappa shape index (κ2) is 5.17. The summed E-state index contributed by atoms with van der Waals surface area (Å²) >= 11 is 19.3. The number of rotatable bonds is 2. The highest BCUT2D eigenvalue weighted by molar-refractivity contribution is 7.20. The van der Waals surface area contributed by atoms with Gasteiger partial charge >= 0.3 is 0 Å². The molecule has 1 aromatic carbocycles. The lowest BCUT2D eigenvalue weighted by Gasteiger charge is -2.12. The normalized spacial score (nSPS) is 12.8. The summed E-state index contributed by atoms with van der Waals surface area (Å²) in [6.07, 6.45) is 0. The first kappa shape index (κ1) is 13.2. The zero-order valence-electron chi connectivity index (χ0n) is 9.01. The van der Waals surface area contributed by atoms with Crippen molar-refractivity contribution in [2.24, 2.45) is 5.73 Å². The molecule has 2 aromatic rings. The van der Waals surface area contributed by atoms with Crippen LogP contribution >= 0.6 is 46.1 Å². The molecule has 0 saturated heterocycles. The Labute approximate surface area is 119 Å². The van der Waals surface area contributed by atoms with E-state index in [1.54, 1.807) is 6.07 Å². The Kier molecular flexibility index (Phi) is 4.01. The maximum absolute atomic E-state index is 6.17. The lowest BCUT2D eigenvalue weighted by atomic mass is 10.0. The summed E-state index contributed by atoms with van der Waals surface area (Å²) in [7, 11) is 0. The van der Waals surface area contributed by atoms with Gasteiger partial charge in [-0.25, -0.2) is 0 Å². The van der Waals surface area contributed by atoms with Crippen molar-refractivity contribution >= 4 is 46.1 Å². The van der Waals surface area contributed by atoms with Gasteiger partial charge in [-0.15, -0.1) is 11.3 Å². The van der Waals surface area contributed by atoms with E-state index in [2.05, 4.69) is 0 Å². The van der Waals surface area contributed by atoms with E-state index < -0.39 is 0 Å². The molecular formula is C12H10Cl3NS. The van der Waals surface area contributed by atoms with Crippen LogP contribution in [-0.4, -0.2) is 0 Å². The third-order valence-corrected chi connectivity index (χ3v) is 4.18. The van der Waals surface area contributed by atoms with Crippen LogP contribution in [0.4, 0.5) is 0 Å². The number of halogens is 3. The van der Waals surface area contributed by atoms with E-state index in [-0.39, 0.29) is 6.04 Å². The van der Waals surface area contributed by atoms with Crippen LogP contribution in [0.3, 0.4) is 0 Å². The first-order valence-electron chi connectivity index (χ1n) is 4.95. The van der Waals surface area contributed by atoms with Gasteiger partial charge in [0, 0.05) is 10.6 Å². The molecule has 0 radical (unpaired) electrons. The van der Waals surface area contributed by atoms with Gasteiger partial charge in [0.05, 0.1) is 14.7 Å². The number of aryl methyl sites for hydroxylation is 1. The molecule has 1 heterocycles. The molecule has 17 heavy (non-hydrogen) atoms. The van der Waals surface area contributed by atoms with Crippen molar-refractivity contribution in [2.75, 3.05) is 0 Å². The van der Waals surface area contributed by atoms with Crippen LogP contribution in [0.5, 0.6) is 0 Å². The van der Waals surface area contributed by atoms with E-state index >= 15 is 0 Å². The Bertz CT molecular complexity index is 530. The van der Waals surface area contributed by atoms with E-state index in [1.165, 1.54) is 11.3 Å². The van der Waals surface area contributed by atoms with Crippen molar-refractivity contribution in [2.45, 2.75) is 13.0 Å². The Morgan fingerprint density at radius 2 is 1.82 bits per heavy atom. The maximum atomic E-state index is 6.17. The molecule has 1 atom stereocenters. The van der Waals surface area contributed by atoms with Crippen molar-refractivity contribution in [1.82, 2.24) is 0 Å². The van der Waals surface area contributed by atoms with Crippen molar-refractivity contribution in [3.05, 3.63) is 54.7 Å². The molecule has 1 aromatic heterocycles. The molecule has 0 aliphatic heterocycles. The topological polar surface area (TPSA) is 26.0 Å². The van der Waals surface area contributed by atoms with E-state index in [0.29, 0.717) is 13.7 Å². The van der Waals surface area contributed by atoms with Gasteiger partial charge in [0.15, 0.2) is 0 Å². The molecule has 5 heteroatoms. The van der Waals surface area contributed by atoms with Crippen molar-refractivity contribution in [1.29, 1.82) is 0 Å². The summed E-state index contributed by atoms with van der Waals surface area (Å²) in [6, 6.07) is 7.23. The number of nitrogens with two attached hydrogens (primary N) is 1. The van der Waals surface area contributed by atoms with Crippen molar-refractivity contribution in [3.8, 4) is 0 Å². The zero-order chi connectivity index (χ0) is 12.6. The minimum absolute atomic E-state index is 0.302. The Morgan fingerprint density at radius 1 is 1.12 bits per heavy atom. The van der Waals surface area contributed by atoms with Gasteiger partial charge < -0.3 is 5.73 Å². The molecule has 2 N–H and O–H groups in total. The average molecular weight is 307 g/mol. The zero-order valence-corrected chi connectivity index (χ0v) is 12.1. The molecule has 2 rings (SSSR count). The van der Waals surface area contributed by atoms with Gasteiger partial charge in [-0.2, -0.15) is 0 Å². The number of hydrogen-bond acceptors (Lipinski definition) is 2. The summed E-state index contributed by atoms with van der Waals surface area (Å²) in [5, 5.41) is 0.674. The average Bonchev–Trinajstić information content (AvgIpc) is 2.55. The first-order valence-corrected chi connectivity index (χ1v) is 6.90. The summed E-state index contributed by atoms with van der Waals surface area (Å²) in [4.78, 5) is 0. The summed E-state index contributed by atoms with van der Waals surface area (Å²) in [6.45, 7) is 1.98. The van der Waals surface area contributed by atoms with Gasteiger partial charge in [-0.1, -0.05) is 40.9 Å². The van der Waals surface area contributed by atoms with E-state index in [0.717, 1.165) is 16.7 Å². The minimum atomic E-state index is -0.302. The number of hydrogen-bond donors (Lipinski definition) is 1. The molecule has 1 nitrogen and oxygen atoms in total. The van der Waals surface area contributed by atoms with Crippen LogP contribution < -0.4 is 5.73 Å². The SMILES string of the molecule is Cc1cc(Cl)cc(C(N)c2cc(Cl)sc2Cl)c1. The quantitative estimate of drug-likeness (QED) is 0.824. The van der Waals surface area contributed by atoms with Crippen LogP contribution in [0.1, 0.15) is 22.7 Å². The van der Waals surface area contributed by atoms with Gasteiger partial charge in [-0.05, 0) is 36.2 Å². The van der Waals surface area contributed by atoms with Gasteiger partial charge in [0.2, 0.25) is 0 Å². The Balaban J connectivity index is 2.43. The third kappa shape index (κ3) is 2.95. The molecular weight excluding hydrogens is 297 g/mol. The molecule has 0 amide bonds. The fraction of sp³-hybridized carbons (Fsp3) is 0.167. The molecule has 0 saturated carbocycles. The van der Waals surface area contributed by atoms with Crippen LogP contribution in [0, 0.1) is 6.92 Å². The fourth-order valence-electron chi connectivity index (χ4n) is 1.69. The molecule has 1 unspecified atom stereocenters. The second-order valence-electron chi connectivity index (χ2n) is 3.82. The minimum Gasteiger partial charge on any atom is -0.320 e. The smallest absolute Gasteiger partial charge is 0.0995 e. The third-order valence-electron chi connectivity index (χ3n) is 2.44. The van der Waals surface area contributed by atoms with Gasteiger partial charge in [0.1, 0.15) is 0 Å².